The van der Waals surface area contributed by atoms with E-state index in [9.17, 15) is 4.79 Å². The van der Waals surface area contributed by atoms with Crippen LogP contribution in [0.4, 0.5) is 0 Å². The number of carbonyl (C=O) groups is 1. The van der Waals surface area contributed by atoms with Crippen LogP contribution in [0, 0.1) is 0 Å². The first-order valence-electron chi connectivity index (χ1n) is 7.62. The Labute approximate surface area is 132 Å². The zero-order valence-corrected chi connectivity index (χ0v) is 12.5. The van der Waals surface area contributed by atoms with Crippen LogP contribution in [0.2, 0.25) is 0 Å². The van der Waals surface area contributed by atoms with Gasteiger partial charge in [0.05, 0.1) is 19.8 Å². The molecule has 3 heterocycles. The standard InChI is InChI=1S/C16H17N3O4/c20-16(15-11-9-21-6-5-12(11)18-19-15)17-7-10-8-22-13-3-1-2-4-14(13)23-10/h1-4,10H,5-9H2,(H,17,20)(H,18,19). The first kappa shape index (κ1) is 14.1. The van der Waals surface area contributed by atoms with Crippen molar-refractivity contribution in [3.63, 3.8) is 0 Å². The van der Waals surface area contributed by atoms with Gasteiger partial charge in [-0.15, -0.1) is 0 Å². The highest BCUT2D eigenvalue weighted by Gasteiger charge is 2.25. The average molecular weight is 315 g/mol. The molecule has 23 heavy (non-hydrogen) atoms. The van der Waals surface area contributed by atoms with Crippen LogP contribution < -0.4 is 14.8 Å². The molecule has 0 fully saturated rings. The first-order chi connectivity index (χ1) is 11.3. The fourth-order valence-corrected chi connectivity index (χ4v) is 2.75. The number of amides is 1. The molecule has 2 aliphatic heterocycles. The number of hydrogen-bond acceptors (Lipinski definition) is 5. The van der Waals surface area contributed by atoms with Gasteiger partial charge in [0.25, 0.3) is 5.91 Å². The minimum Gasteiger partial charge on any atom is -0.486 e. The average Bonchev–Trinajstić information content (AvgIpc) is 3.03. The molecule has 0 spiro atoms. The summed E-state index contributed by atoms with van der Waals surface area (Å²) in [5.74, 6) is 1.20. The molecule has 4 rings (SSSR count). The van der Waals surface area contributed by atoms with E-state index in [-0.39, 0.29) is 12.0 Å². The van der Waals surface area contributed by atoms with Gasteiger partial charge in [-0.25, -0.2) is 0 Å². The maximum absolute atomic E-state index is 12.3. The van der Waals surface area contributed by atoms with Gasteiger partial charge in [0.15, 0.2) is 17.2 Å². The second kappa shape index (κ2) is 5.92. The van der Waals surface area contributed by atoms with Crippen molar-refractivity contribution < 1.29 is 19.0 Å². The number of rotatable bonds is 3. The molecule has 1 amide bonds. The highest BCUT2D eigenvalue weighted by atomic mass is 16.6. The number of aromatic nitrogens is 2. The van der Waals surface area contributed by atoms with Crippen molar-refractivity contribution in [2.75, 3.05) is 19.8 Å². The number of carbonyl (C=O) groups excluding carboxylic acids is 1. The predicted octanol–water partition coefficient (Wildman–Crippen LogP) is 1.05. The lowest BCUT2D eigenvalue weighted by Crippen LogP contribution is -2.41. The zero-order valence-electron chi connectivity index (χ0n) is 12.5. The number of fused-ring (bicyclic) bond motifs is 2. The lowest BCUT2D eigenvalue weighted by molar-refractivity contribution is 0.0779. The molecular formula is C16H17N3O4. The van der Waals surface area contributed by atoms with E-state index in [1.54, 1.807) is 0 Å². The molecule has 7 nitrogen and oxygen atoms in total. The molecule has 1 aromatic heterocycles. The molecule has 1 unspecified atom stereocenters. The highest BCUT2D eigenvalue weighted by Crippen LogP contribution is 2.30. The van der Waals surface area contributed by atoms with E-state index in [0.29, 0.717) is 37.8 Å². The monoisotopic (exact) mass is 315 g/mol. The van der Waals surface area contributed by atoms with Crippen LogP contribution in [-0.2, 0) is 17.8 Å². The third-order valence-electron chi connectivity index (χ3n) is 3.97. The Morgan fingerprint density at radius 2 is 2.22 bits per heavy atom. The predicted molar refractivity (Wildman–Crippen MR) is 80.6 cm³/mol. The lowest BCUT2D eigenvalue weighted by atomic mass is 10.1. The van der Waals surface area contributed by atoms with Crippen LogP contribution in [0.1, 0.15) is 21.7 Å². The van der Waals surface area contributed by atoms with Gasteiger partial charge in [0.2, 0.25) is 0 Å². The molecule has 1 aromatic carbocycles. The molecule has 0 bridgehead atoms. The minimum atomic E-state index is -0.226. The summed E-state index contributed by atoms with van der Waals surface area (Å²) in [6.45, 7) is 1.84. The van der Waals surface area contributed by atoms with Gasteiger partial charge in [-0.05, 0) is 12.1 Å². The second-order valence-electron chi connectivity index (χ2n) is 5.54. The van der Waals surface area contributed by atoms with Crippen molar-refractivity contribution in [1.29, 1.82) is 0 Å². The van der Waals surface area contributed by atoms with Crippen molar-refractivity contribution in [2.45, 2.75) is 19.1 Å². The van der Waals surface area contributed by atoms with E-state index in [0.717, 1.165) is 23.4 Å². The summed E-state index contributed by atoms with van der Waals surface area (Å²) in [4.78, 5) is 12.3. The number of nitrogens with one attached hydrogen (secondary N) is 2. The Kier molecular flexibility index (Phi) is 3.63. The van der Waals surface area contributed by atoms with E-state index in [2.05, 4.69) is 15.5 Å². The Morgan fingerprint density at radius 3 is 3.13 bits per heavy atom. The lowest BCUT2D eigenvalue weighted by Gasteiger charge is -2.26. The quantitative estimate of drug-likeness (QED) is 0.884. The highest BCUT2D eigenvalue weighted by molar-refractivity contribution is 5.94. The molecular weight excluding hydrogens is 298 g/mol. The number of nitrogens with zero attached hydrogens (tertiary/aromatic N) is 1. The summed E-state index contributed by atoms with van der Waals surface area (Å²) in [5.41, 5.74) is 2.23. The summed E-state index contributed by atoms with van der Waals surface area (Å²) >= 11 is 0. The van der Waals surface area contributed by atoms with Gasteiger partial charge >= 0.3 is 0 Å². The third-order valence-corrected chi connectivity index (χ3v) is 3.97. The molecule has 0 radical (unpaired) electrons. The van der Waals surface area contributed by atoms with E-state index < -0.39 is 0 Å². The Hall–Kier alpha value is -2.54. The third kappa shape index (κ3) is 2.75. The SMILES string of the molecule is O=C(NCC1COc2ccccc2O1)c1n[nH]c2c1COCC2. The zero-order chi connectivity index (χ0) is 15.6. The number of H-pyrrole nitrogens is 1. The summed E-state index contributed by atoms with van der Waals surface area (Å²) in [7, 11) is 0. The van der Waals surface area contributed by atoms with Crippen molar-refractivity contribution in [3.8, 4) is 11.5 Å². The molecule has 2 aliphatic rings. The fourth-order valence-electron chi connectivity index (χ4n) is 2.75. The van der Waals surface area contributed by atoms with Gasteiger partial charge < -0.3 is 19.5 Å². The van der Waals surface area contributed by atoms with Crippen LogP contribution in [0.25, 0.3) is 0 Å². The topological polar surface area (TPSA) is 85.5 Å². The van der Waals surface area contributed by atoms with Crippen LogP contribution >= 0.6 is 0 Å². The molecule has 7 heteroatoms. The van der Waals surface area contributed by atoms with Crippen LogP contribution in [0.5, 0.6) is 11.5 Å². The summed E-state index contributed by atoms with van der Waals surface area (Å²) in [6, 6.07) is 7.50. The largest absolute Gasteiger partial charge is 0.486 e. The van der Waals surface area contributed by atoms with Crippen molar-refractivity contribution in [2.24, 2.45) is 0 Å². The summed E-state index contributed by atoms with van der Waals surface area (Å²) < 4.78 is 16.8. The van der Waals surface area contributed by atoms with Crippen molar-refractivity contribution >= 4 is 5.91 Å². The second-order valence-corrected chi connectivity index (χ2v) is 5.54. The maximum atomic E-state index is 12.3. The normalized spacial score (nSPS) is 19.0. The molecule has 2 N–H and O–H groups in total. The van der Waals surface area contributed by atoms with Gasteiger partial charge in [-0.1, -0.05) is 12.1 Å². The van der Waals surface area contributed by atoms with Gasteiger partial charge in [-0.3, -0.25) is 9.89 Å². The Balaban J connectivity index is 1.38. The maximum Gasteiger partial charge on any atom is 0.272 e. The first-order valence-corrected chi connectivity index (χ1v) is 7.62. The van der Waals surface area contributed by atoms with E-state index in [4.69, 9.17) is 14.2 Å². The Morgan fingerprint density at radius 1 is 1.35 bits per heavy atom. The Bertz CT molecular complexity index is 728. The number of benzene rings is 1. The smallest absolute Gasteiger partial charge is 0.272 e. The van der Waals surface area contributed by atoms with Gasteiger partial charge in [0.1, 0.15) is 12.7 Å². The van der Waals surface area contributed by atoms with Gasteiger partial charge in [0, 0.05) is 17.7 Å². The van der Waals surface area contributed by atoms with E-state index >= 15 is 0 Å². The number of para-hydroxylation sites is 2. The number of hydrogen-bond donors (Lipinski definition) is 2. The summed E-state index contributed by atoms with van der Waals surface area (Å²) in [6.07, 6.45) is 0.534. The van der Waals surface area contributed by atoms with E-state index in [1.807, 2.05) is 24.3 Å². The number of aromatic amines is 1. The van der Waals surface area contributed by atoms with E-state index in [1.165, 1.54) is 0 Å². The molecule has 0 saturated carbocycles. The molecule has 0 aliphatic carbocycles. The van der Waals surface area contributed by atoms with Crippen LogP contribution in [0.15, 0.2) is 24.3 Å². The number of ether oxygens (including phenoxy) is 3. The van der Waals surface area contributed by atoms with Crippen LogP contribution in [-0.4, -0.2) is 42.0 Å². The van der Waals surface area contributed by atoms with Crippen molar-refractivity contribution in [1.82, 2.24) is 15.5 Å². The molecule has 120 valence electrons. The molecule has 2 aromatic rings. The molecule has 1 atom stereocenters. The molecule has 0 saturated heterocycles. The fraction of sp³-hybridized carbons (Fsp3) is 0.375. The summed E-state index contributed by atoms with van der Waals surface area (Å²) in [5, 5.41) is 9.87. The van der Waals surface area contributed by atoms with Crippen molar-refractivity contribution in [3.05, 3.63) is 41.2 Å². The van der Waals surface area contributed by atoms with Crippen LogP contribution in [0.3, 0.4) is 0 Å². The van der Waals surface area contributed by atoms with Gasteiger partial charge in [-0.2, -0.15) is 5.10 Å². The minimum absolute atomic E-state index is 0.222.